The molecule has 3 aromatic rings. The zero-order chi connectivity index (χ0) is 23.1. The summed E-state index contributed by atoms with van der Waals surface area (Å²) in [6.45, 7) is 0.992. The zero-order valence-electron chi connectivity index (χ0n) is 18.0. The number of allylic oxidation sites excluding steroid dienone is 1. The molecule has 1 aromatic heterocycles. The van der Waals surface area contributed by atoms with E-state index in [9.17, 15) is 9.59 Å². The second-order valence-electron chi connectivity index (χ2n) is 8.67. The number of aromatic nitrogens is 1. The molecule has 33 heavy (non-hydrogen) atoms. The van der Waals surface area contributed by atoms with Crippen LogP contribution in [0.2, 0.25) is 10.0 Å². The van der Waals surface area contributed by atoms with Crippen molar-refractivity contribution in [3.63, 3.8) is 0 Å². The SMILES string of the molecule is NC(=O)C1CCCN(C(=O)c2c3c(nc4ccccc24)C(=Cc2ccc(Cl)c(Cl)c2)CC3)C1. The van der Waals surface area contributed by atoms with E-state index in [1.165, 1.54) is 0 Å². The number of pyridine rings is 1. The number of halogens is 2. The van der Waals surface area contributed by atoms with Gasteiger partial charge in [-0.1, -0.05) is 47.5 Å². The van der Waals surface area contributed by atoms with E-state index < -0.39 is 0 Å². The maximum atomic E-state index is 13.8. The van der Waals surface area contributed by atoms with Gasteiger partial charge in [-0.05, 0) is 66.7 Å². The third-order valence-electron chi connectivity index (χ3n) is 6.55. The minimum absolute atomic E-state index is 0.0495. The molecule has 1 aliphatic heterocycles. The van der Waals surface area contributed by atoms with Crippen LogP contribution in [-0.4, -0.2) is 34.8 Å². The van der Waals surface area contributed by atoms with Gasteiger partial charge in [0.1, 0.15) is 0 Å². The molecule has 2 amide bonds. The number of para-hydroxylation sites is 1. The number of fused-ring (bicyclic) bond motifs is 2. The van der Waals surface area contributed by atoms with Gasteiger partial charge in [0.05, 0.1) is 32.7 Å². The Morgan fingerprint density at radius 3 is 2.70 bits per heavy atom. The fraction of sp³-hybridized carbons (Fsp3) is 0.269. The van der Waals surface area contributed by atoms with Gasteiger partial charge in [-0.25, -0.2) is 4.98 Å². The van der Waals surface area contributed by atoms with Crippen molar-refractivity contribution in [1.29, 1.82) is 0 Å². The highest BCUT2D eigenvalue weighted by Crippen LogP contribution is 2.39. The lowest BCUT2D eigenvalue weighted by Gasteiger charge is -2.32. The third-order valence-corrected chi connectivity index (χ3v) is 7.29. The molecule has 0 radical (unpaired) electrons. The summed E-state index contributed by atoms with van der Waals surface area (Å²) >= 11 is 12.3. The van der Waals surface area contributed by atoms with Crippen LogP contribution in [0, 0.1) is 5.92 Å². The summed E-state index contributed by atoms with van der Waals surface area (Å²) in [5, 5.41) is 1.86. The topological polar surface area (TPSA) is 76.3 Å². The Balaban J connectivity index is 1.60. The Labute approximate surface area is 202 Å². The molecule has 168 valence electrons. The monoisotopic (exact) mass is 479 g/mol. The van der Waals surface area contributed by atoms with E-state index in [2.05, 4.69) is 6.08 Å². The third kappa shape index (κ3) is 4.11. The number of hydrogen-bond donors (Lipinski definition) is 1. The predicted molar refractivity (Wildman–Crippen MR) is 132 cm³/mol. The van der Waals surface area contributed by atoms with Crippen LogP contribution in [0.5, 0.6) is 0 Å². The number of primary amides is 1. The van der Waals surface area contributed by atoms with Gasteiger partial charge in [-0.15, -0.1) is 0 Å². The smallest absolute Gasteiger partial charge is 0.254 e. The van der Waals surface area contributed by atoms with Crippen molar-refractivity contribution in [2.75, 3.05) is 13.1 Å². The summed E-state index contributed by atoms with van der Waals surface area (Å²) in [5.74, 6) is -0.690. The molecule has 2 aliphatic rings. The number of hydrogen-bond acceptors (Lipinski definition) is 3. The number of carbonyl (C=O) groups is 2. The Morgan fingerprint density at radius 1 is 1.09 bits per heavy atom. The van der Waals surface area contributed by atoms with E-state index >= 15 is 0 Å². The molecular weight excluding hydrogens is 457 g/mol. The van der Waals surface area contributed by atoms with Crippen molar-refractivity contribution in [2.45, 2.75) is 25.7 Å². The molecular formula is C26H23Cl2N3O2. The van der Waals surface area contributed by atoms with E-state index in [-0.39, 0.29) is 17.7 Å². The molecule has 7 heteroatoms. The highest BCUT2D eigenvalue weighted by Gasteiger charge is 2.32. The number of likely N-dealkylation sites (tertiary alicyclic amines) is 1. The molecule has 5 rings (SSSR count). The molecule has 2 N–H and O–H groups in total. The number of piperidine rings is 1. The van der Waals surface area contributed by atoms with Gasteiger partial charge in [0.2, 0.25) is 5.91 Å². The predicted octanol–water partition coefficient (Wildman–Crippen LogP) is 5.37. The largest absolute Gasteiger partial charge is 0.369 e. The minimum atomic E-state index is -0.343. The molecule has 1 saturated heterocycles. The first-order valence-corrected chi connectivity index (χ1v) is 11.8. The first-order valence-electron chi connectivity index (χ1n) is 11.1. The quantitative estimate of drug-likeness (QED) is 0.548. The highest BCUT2D eigenvalue weighted by atomic mass is 35.5. The first kappa shape index (κ1) is 21.9. The summed E-state index contributed by atoms with van der Waals surface area (Å²) in [5.41, 5.74) is 10.8. The maximum absolute atomic E-state index is 13.8. The Bertz CT molecular complexity index is 1320. The van der Waals surface area contributed by atoms with Crippen molar-refractivity contribution >= 4 is 57.6 Å². The molecule has 1 atom stereocenters. The molecule has 1 aliphatic carbocycles. The molecule has 0 saturated carbocycles. The van der Waals surface area contributed by atoms with Gasteiger partial charge in [0, 0.05) is 18.5 Å². The van der Waals surface area contributed by atoms with Crippen LogP contribution in [0.4, 0.5) is 0 Å². The summed E-state index contributed by atoms with van der Waals surface area (Å²) in [6, 6.07) is 13.3. The van der Waals surface area contributed by atoms with Gasteiger partial charge < -0.3 is 10.6 Å². The molecule has 1 unspecified atom stereocenters. The maximum Gasteiger partial charge on any atom is 0.254 e. The summed E-state index contributed by atoms with van der Waals surface area (Å²) < 4.78 is 0. The van der Waals surface area contributed by atoms with E-state index in [4.69, 9.17) is 33.9 Å². The first-order chi connectivity index (χ1) is 15.9. The Kier molecular flexibility index (Phi) is 5.85. The van der Waals surface area contributed by atoms with E-state index in [0.717, 1.165) is 59.0 Å². The summed E-state index contributed by atoms with van der Waals surface area (Å²) in [7, 11) is 0. The van der Waals surface area contributed by atoms with E-state index in [1.54, 1.807) is 11.0 Å². The molecule has 0 bridgehead atoms. The van der Waals surface area contributed by atoms with Crippen molar-refractivity contribution in [2.24, 2.45) is 11.7 Å². The number of amides is 2. The van der Waals surface area contributed by atoms with E-state index in [1.807, 2.05) is 36.4 Å². The standard InChI is InChI=1S/C26H23Cl2N3O2/c27-20-10-7-15(13-21(20)28)12-16-8-9-19-23(18-5-1-2-6-22(18)30-24(16)19)26(33)31-11-3-4-17(14-31)25(29)32/h1-2,5-7,10,12-13,17H,3-4,8-9,11,14H2,(H2,29,32). The average Bonchev–Trinajstić information content (AvgIpc) is 3.21. The van der Waals surface area contributed by atoms with Crippen LogP contribution < -0.4 is 5.73 Å². The fourth-order valence-corrected chi connectivity index (χ4v) is 5.19. The zero-order valence-corrected chi connectivity index (χ0v) is 19.5. The number of carbonyl (C=O) groups excluding carboxylic acids is 2. The van der Waals surface area contributed by atoms with E-state index in [0.29, 0.717) is 28.7 Å². The molecule has 5 nitrogen and oxygen atoms in total. The van der Waals surface area contributed by atoms with Crippen molar-refractivity contribution in [3.05, 3.63) is 74.9 Å². The van der Waals surface area contributed by atoms with Crippen LogP contribution in [0.25, 0.3) is 22.6 Å². The molecule has 1 fully saturated rings. The molecule has 2 aromatic carbocycles. The van der Waals surface area contributed by atoms with Crippen molar-refractivity contribution in [1.82, 2.24) is 9.88 Å². The normalized spacial score (nSPS) is 19.2. The lowest BCUT2D eigenvalue weighted by atomic mass is 9.94. The van der Waals surface area contributed by atoms with Crippen LogP contribution in [0.1, 0.15) is 46.4 Å². The van der Waals surface area contributed by atoms with Gasteiger partial charge in [-0.2, -0.15) is 0 Å². The summed E-state index contributed by atoms with van der Waals surface area (Å²) in [4.78, 5) is 32.3. The minimum Gasteiger partial charge on any atom is -0.369 e. The highest BCUT2D eigenvalue weighted by molar-refractivity contribution is 6.42. The second kappa shape index (κ2) is 8.81. The number of rotatable bonds is 3. The summed E-state index contributed by atoms with van der Waals surface area (Å²) in [6.07, 6.45) is 5.07. The van der Waals surface area contributed by atoms with Crippen molar-refractivity contribution in [3.8, 4) is 0 Å². The van der Waals surface area contributed by atoms with Crippen LogP contribution in [0.15, 0.2) is 42.5 Å². The van der Waals surface area contributed by atoms with Crippen LogP contribution in [-0.2, 0) is 11.2 Å². The van der Waals surface area contributed by atoms with Crippen LogP contribution >= 0.6 is 23.2 Å². The number of benzene rings is 2. The average molecular weight is 480 g/mol. The lowest BCUT2D eigenvalue weighted by Crippen LogP contribution is -2.44. The number of nitrogens with two attached hydrogens (primary N) is 1. The van der Waals surface area contributed by atoms with Gasteiger partial charge in [-0.3, -0.25) is 9.59 Å². The van der Waals surface area contributed by atoms with Gasteiger partial charge in [0.15, 0.2) is 0 Å². The Morgan fingerprint density at radius 2 is 1.91 bits per heavy atom. The van der Waals surface area contributed by atoms with Gasteiger partial charge in [0.25, 0.3) is 5.91 Å². The van der Waals surface area contributed by atoms with Crippen LogP contribution in [0.3, 0.4) is 0 Å². The molecule has 2 heterocycles. The second-order valence-corrected chi connectivity index (χ2v) is 9.48. The van der Waals surface area contributed by atoms with Gasteiger partial charge >= 0.3 is 0 Å². The lowest BCUT2D eigenvalue weighted by molar-refractivity contribution is -0.123. The molecule has 0 spiro atoms. The van der Waals surface area contributed by atoms with Crippen molar-refractivity contribution < 1.29 is 9.59 Å². The Hall–Kier alpha value is -2.89. The fourth-order valence-electron chi connectivity index (χ4n) is 4.88. The number of nitrogens with zero attached hydrogens (tertiary/aromatic N) is 2.